The molecule has 1 atom stereocenters. The monoisotopic (exact) mass is 385 g/mol. The minimum atomic E-state index is -1.13. The third kappa shape index (κ3) is 3.35. The predicted molar refractivity (Wildman–Crippen MR) is 105 cm³/mol. The van der Waals surface area contributed by atoms with Crippen LogP contribution in [0.4, 0.5) is 5.69 Å². The van der Waals surface area contributed by atoms with E-state index >= 15 is 0 Å². The number of benzene rings is 1. The highest BCUT2D eigenvalue weighted by molar-refractivity contribution is 7.20. The van der Waals surface area contributed by atoms with Crippen molar-refractivity contribution in [3.8, 4) is 0 Å². The highest BCUT2D eigenvalue weighted by atomic mass is 32.1. The Morgan fingerprint density at radius 3 is 2.59 bits per heavy atom. The van der Waals surface area contributed by atoms with Gasteiger partial charge in [-0.05, 0) is 44.9 Å². The third-order valence-electron chi connectivity index (χ3n) is 4.49. The Hall–Kier alpha value is -3.00. The molecule has 8 heteroatoms. The number of aromatic nitrogens is 2. The third-order valence-corrected chi connectivity index (χ3v) is 5.69. The maximum absolute atomic E-state index is 12.7. The first-order valence-corrected chi connectivity index (χ1v) is 9.14. The largest absolute Gasteiger partial charge is 0.480 e. The zero-order valence-electron chi connectivity index (χ0n) is 15.4. The van der Waals surface area contributed by atoms with Crippen molar-refractivity contribution >= 4 is 39.1 Å². The van der Waals surface area contributed by atoms with Crippen LogP contribution in [0.1, 0.15) is 39.3 Å². The number of anilines is 1. The molecule has 3 aromatic rings. The Balaban J connectivity index is 2.04. The molecule has 2 aromatic heterocycles. The fourth-order valence-electron chi connectivity index (χ4n) is 2.88. The van der Waals surface area contributed by atoms with E-state index in [-0.39, 0.29) is 11.3 Å². The summed E-state index contributed by atoms with van der Waals surface area (Å²) in [5.74, 6) is -1.45. The van der Waals surface area contributed by atoms with Gasteiger partial charge in [0.05, 0.1) is 16.6 Å². The van der Waals surface area contributed by atoms with E-state index in [9.17, 15) is 14.4 Å². The van der Waals surface area contributed by atoms with E-state index in [1.54, 1.807) is 6.92 Å². The molecule has 2 heterocycles. The number of rotatable bonds is 4. The number of carbonyl (C=O) groups excluding carboxylic acids is 1. The lowest BCUT2D eigenvalue weighted by Gasteiger charge is -2.09. The number of hydrogen-bond acceptors (Lipinski definition) is 5. The molecule has 27 heavy (non-hydrogen) atoms. The Kier molecular flexibility index (Phi) is 4.84. The van der Waals surface area contributed by atoms with Crippen LogP contribution in [-0.4, -0.2) is 26.5 Å². The molecule has 0 saturated carbocycles. The van der Waals surface area contributed by atoms with Gasteiger partial charge in [0.1, 0.15) is 10.9 Å². The highest BCUT2D eigenvalue weighted by Crippen LogP contribution is 2.28. The van der Waals surface area contributed by atoms with Crippen LogP contribution in [0.5, 0.6) is 0 Å². The summed E-state index contributed by atoms with van der Waals surface area (Å²) in [5, 5.41) is 12.3. The first kappa shape index (κ1) is 18.8. The van der Waals surface area contributed by atoms with E-state index in [2.05, 4.69) is 10.3 Å². The van der Waals surface area contributed by atoms with Crippen LogP contribution in [0, 0.1) is 20.8 Å². The first-order valence-electron chi connectivity index (χ1n) is 8.32. The second kappa shape index (κ2) is 6.96. The van der Waals surface area contributed by atoms with Gasteiger partial charge in [-0.15, -0.1) is 11.3 Å². The summed E-state index contributed by atoms with van der Waals surface area (Å²) >= 11 is 1.12. The molecule has 0 aliphatic rings. The van der Waals surface area contributed by atoms with Crippen molar-refractivity contribution in [1.29, 1.82) is 0 Å². The molecule has 0 bridgehead atoms. The molecule has 1 aromatic carbocycles. The van der Waals surface area contributed by atoms with Crippen LogP contribution in [-0.2, 0) is 4.79 Å². The summed E-state index contributed by atoms with van der Waals surface area (Å²) in [5.41, 5.74) is 2.78. The maximum atomic E-state index is 12.7. The van der Waals surface area contributed by atoms with Crippen LogP contribution in [0.25, 0.3) is 10.2 Å². The van der Waals surface area contributed by atoms with Gasteiger partial charge in [-0.1, -0.05) is 17.7 Å². The van der Waals surface area contributed by atoms with Gasteiger partial charge in [0, 0.05) is 5.69 Å². The van der Waals surface area contributed by atoms with E-state index < -0.39 is 17.6 Å². The summed E-state index contributed by atoms with van der Waals surface area (Å²) in [6.45, 7) is 6.97. The molecule has 0 saturated heterocycles. The molecule has 7 nitrogen and oxygen atoms in total. The number of amides is 1. The summed E-state index contributed by atoms with van der Waals surface area (Å²) in [6, 6.07) is 4.68. The Morgan fingerprint density at radius 2 is 1.96 bits per heavy atom. The summed E-state index contributed by atoms with van der Waals surface area (Å²) in [4.78, 5) is 41.6. The average molecular weight is 385 g/mol. The summed E-state index contributed by atoms with van der Waals surface area (Å²) in [6.07, 6.45) is 1.21. The summed E-state index contributed by atoms with van der Waals surface area (Å²) < 4.78 is 1.07. The fourth-order valence-corrected chi connectivity index (χ4v) is 3.92. The van der Waals surface area contributed by atoms with E-state index in [1.807, 2.05) is 32.0 Å². The van der Waals surface area contributed by atoms with Gasteiger partial charge in [-0.25, -0.2) is 9.78 Å². The summed E-state index contributed by atoms with van der Waals surface area (Å²) in [7, 11) is 0. The number of thiophene rings is 1. The Bertz CT molecular complexity index is 1130. The van der Waals surface area contributed by atoms with Crippen molar-refractivity contribution in [3.63, 3.8) is 0 Å². The molecule has 0 radical (unpaired) electrons. The van der Waals surface area contributed by atoms with E-state index in [0.29, 0.717) is 21.0 Å². The van der Waals surface area contributed by atoms with Gasteiger partial charge in [0.15, 0.2) is 0 Å². The number of nitrogens with zero attached hydrogens (tertiary/aromatic N) is 2. The quantitative estimate of drug-likeness (QED) is 0.718. The molecular weight excluding hydrogens is 366 g/mol. The van der Waals surface area contributed by atoms with E-state index in [0.717, 1.165) is 27.0 Å². The van der Waals surface area contributed by atoms with Crippen molar-refractivity contribution < 1.29 is 14.7 Å². The van der Waals surface area contributed by atoms with Crippen LogP contribution in [0.15, 0.2) is 29.3 Å². The molecule has 0 aliphatic heterocycles. The molecule has 0 aliphatic carbocycles. The number of carboxylic acid groups (broad SMARTS) is 1. The van der Waals surface area contributed by atoms with Crippen LogP contribution < -0.4 is 10.9 Å². The van der Waals surface area contributed by atoms with Gasteiger partial charge >= 0.3 is 5.97 Å². The van der Waals surface area contributed by atoms with Crippen LogP contribution >= 0.6 is 11.3 Å². The van der Waals surface area contributed by atoms with Gasteiger partial charge < -0.3 is 10.4 Å². The average Bonchev–Trinajstić information content (AvgIpc) is 2.94. The van der Waals surface area contributed by atoms with Crippen molar-refractivity contribution in [1.82, 2.24) is 9.55 Å². The number of carbonyl (C=O) groups is 2. The van der Waals surface area contributed by atoms with Gasteiger partial charge in [-0.3, -0.25) is 14.2 Å². The first-order chi connectivity index (χ1) is 12.7. The molecule has 140 valence electrons. The SMILES string of the molecule is Cc1ccc(NC(=O)c2sc3ncn([C@H](C)C(=O)O)c(=O)c3c2C)c(C)c1. The fraction of sp³-hybridized carbons (Fsp3) is 0.263. The lowest BCUT2D eigenvalue weighted by atomic mass is 10.1. The maximum Gasteiger partial charge on any atom is 0.326 e. The number of fused-ring (bicyclic) bond motifs is 1. The molecular formula is C19H19N3O4S. The molecule has 0 unspecified atom stereocenters. The molecule has 0 fully saturated rings. The number of aliphatic carboxylic acids is 1. The standard InChI is InChI=1S/C19H19N3O4S/c1-9-5-6-13(10(2)7-9)21-16(23)15-11(3)14-17(27-15)20-8-22(18(14)24)12(4)19(25)26/h5-8,12H,1-4H3,(H,21,23)(H,25,26)/t12-/m1/s1. The normalized spacial score (nSPS) is 12.1. The highest BCUT2D eigenvalue weighted by Gasteiger charge is 2.22. The minimum absolute atomic E-state index is 0.279. The second-order valence-electron chi connectivity index (χ2n) is 6.48. The topological polar surface area (TPSA) is 101 Å². The molecule has 0 spiro atoms. The van der Waals surface area contributed by atoms with Crippen LogP contribution in [0.3, 0.4) is 0 Å². The second-order valence-corrected chi connectivity index (χ2v) is 7.48. The molecule has 3 rings (SSSR count). The Labute approximate surface area is 159 Å². The number of nitrogens with one attached hydrogen (secondary N) is 1. The van der Waals surface area contributed by atoms with Gasteiger partial charge in [-0.2, -0.15) is 0 Å². The minimum Gasteiger partial charge on any atom is -0.480 e. The van der Waals surface area contributed by atoms with Gasteiger partial charge in [0.2, 0.25) is 0 Å². The zero-order chi connectivity index (χ0) is 19.9. The van der Waals surface area contributed by atoms with Crippen molar-refractivity contribution in [2.75, 3.05) is 5.32 Å². The van der Waals surface area contributed by atoms with E-state index in [4.69, 9.17) is 5.11 Å². The van der Waals surface area contributed by atoms with Crippen LogP contribution in [0.2, 0.25) is 0 Å². The predicted octanol–water partition coefficient (Wildman–Crippen LogP) is 3.28. The van der Waals surface area contributed by atoms with Crippen molar-refractivity contribution in [2.24, 2.45) is 0 Å². The van der Waals surface area contributed by atoms with Crippen molar-refractivity contribution in [3.05, 3.63) is 56.4 Å². The molecule has 1 amide bonds. The lowest BCUT2D eigenvalue weighted by Crippen LogP contribution is -2.28. The number of aryl methyl sites for hydroxylation is 3. The zero-order valence-corrected chi connectivity index (χ0v) is 16.2. The smallest absolute Gasteiger partial charge is 0.326 e. The van der Waals surface area contributed by atoms with E-state index in [1.165, 1.54) is 13.3 Å². The van der Waals surface area contributed by atoms with Crippen molar-refractivity contribution in [2.45, 2.75) is 33.7 Å². The molecule has 2 N–H and O–H groups in total. The lowest BCUT2D eigenvalue weighted by molar-refractivity contribution is -0.140. The Morgan fingerprint density at radius 1 is 1.26 bits per heavy atom. The number of carboxylic acids is 1. The van der Waals surface area contributed by atoms with Gasteiger partial charge in [0.25, 0.3) is 11.5 Å². The number of hydrogen-bond donors (Lipinski definition) is 2.